The Labute approximate surface area is 136 Å². The highest BCUT2D eigenvalue weighted by molar-refractivity contribution is 5.92. The van der Waals surface area contributed by atoms with E-state index in [0.29, 0.717) is 18.2 Å². The zero-order chi connectivity index (χ0) is 16.2. The summed E-state index contributed by atoms with van der Waals surface area (Å²) in [4.78, 5) is 20.3. The van der Waals surface area contributed by atoms with Crippen molar-refractivity contribution in [2.24, 2.45) is 5.92 Å². The van der Waals surface area contributed by atoms with Crippen LogP contribution >= 0.6 is 0 Å². The van der Waals surface area contributed by atoms with Gasteiger partial charge in [0.2, 0.25) is 0 Å². The van der Waals surface area contributed by atoms with Gasteiger partial charge in [-0.05, 0) is 38.7 Å². The molecule has 1 atom stereocenters. The second-order valence-electron chi connectivity index (χ2n) is 6.31. The van der Waals surface area contributed by atoms with E-state index in [1.54, 1.807) is 16.9 Å². The van der Waals surface area contributed by atoms with Crippen molar-refractivity contribution in [1.82, 2.24) is 25.1 Å². The van der Waals surface area contributed by atoms with Crippen molar-refractivity contribution in [2.75, 3.05) is 0 Å². The normalized spacial score (nSPS) is 17.1. The topological polar surface area (TPSA) is 75.6 Å². The molecule has 2 aromatic rings. The number of aryl methyl sites for hydroxylation is 2. The quantitative estimate of drug-likeness (QED) is 0.890. The van der Waals surface area contributed by atoms with Gasteiger partial charge in [0.15, 0.2) is 0 Å². The van der Waals surface area contributed by atoms with Crippen molar-refractivity contribution in [2.45, 2.75) is 58.5 Å². The summed E-state index contributed by atoms with van der Waals surface area (Å²) in [6.07, 6.45) is 9.59. The minimum absolute atomic E-state index is 0.00999. The summed E-state index contributed by atoms with van der Waals surface area (Å²) in [6.45, 7) is 4.61. The van der Waals surface area contributed by atoms with Crippen LogP contribution in [0.4, 0.5) is 0 Å². The molecule has 0 radical (unpaired) electrons. The van der Waals surface area contributed by atoms with E-state index in [4.69, 9.17) is 0 Å². The molecule has 2 aromatic heterocycles. The Kier molecular flexibility index (Phi) is 4.79. The third-order valence-corrected chi connectivity index (χ3v) is 4.71. The molecule has 0 spiro atoms. The van der Waals surface area contributed by atoms with Crippen LogP contribution in [0, 0.1) is 12.8 Å². The molecule has 0 saturated heterocycles. The number of imidazole rings is 1. The lowest BCUT2D eigenvalue weighted by Crippen LogP contribution is -2.35. The average molecular weight is 315 g/mol. The lowest BCUT2D eigenvalue weighted by atomic mass is 9.82. The van der Waals surface area contributed by atoms with Crippen molar-refractivity contribution in [3.63, 3.8) is 0 Å². The number of hydrogen-bond acceptors (Lipinski definition) is 3. The van der Waals surface area contributed by atoms with Crippen LogP contribution in [0.15, 0.2) is 18.5 Å². The number of carbonyl (C=O) groups excluding carboxylic acids is 1. The van der Waals surface area contributed by atoms with Gasteiger partial charge in [0.1, 0.15) is 11.5 Å². The van der Waals surface area contributed by atoms with Gasteiger partial charge in [0.05, 0.1) is 17.9 Å². The first-order valence-electron chi connectivity index (χ1n) is 8.53. The molecule has 1 fully saturated rings. The summed E-state index contributed by atoms with van der Waals surface area (Å²) >= 11 is 0. The molecule has 6 heteroatoms. The van der Waals surface area contributed by atoms with Gasteiger partial charge in [-0.2, -0.15) is 5.10 Å². The lowest BCUT2D eigenvalue weighted by molar-refractivity contribution is 0.0900. The molecule has 6 nitrogen and oxygen atoms in total. The SMILES string of the molecule is CCn1nccc1C(=O)NC(c1cnc(C)[nH]1)C1CCCCC1. The molecule has 1 unspecified atom stereocenters. The molecule has 1 aliphatic carbocycles. The molecule has 2 N–H and O–H groups in total. The average Bonchev–Trinajstić information content (AvgIpc) is 3.21. The third kappa shape index (κ3) is 3.46. The molecular formula is C17H25N5O. The molecule has 0 bridgehead atoms. The van der Waals surface area contributed by atoms with Gasteiger partial charge in [-0.15, -0.1) is 0 Å². The van der Waals surface area contributed by atoms with Gasteiger partial charge in [0, 0.05) is 12.7 Å². The summed E-state index contributed by atoms with van der Waals surface area (Å²) in [7, 11) is 0. The fraction of sp³-hybridized carbons (Fsp3) is 0.588. The molecule has 23 heavy (non-hydrogen) atoms. The van der Waals surface area contributed by atoms with Crippen molar-refractivity contribution < 1.29 is 4.79 Å². The number of rotatable bonds is 5. The molecule has 0 aliphatic heterocycles. The number of nitrogens with one attached hydrogen (secondary N) is 2. The first-order chi connectivity index (χ1) is 11.2. The van der Waals surface area contributed by atoms with Crippen LogP contribution in [-0.4, -0.2) is 25.7 Å². The number of aromatic amines is 1. The maximum absolute atomic E-state index is 12.7. The zero-order valence-corrected chi connectivity index (χ0v) is 13.9. The maximum atomic E-state index is 12.7. The second-order valence-corrected chi connectivity index (χ2v) is 6.31. The number of carbonyl (C=O) groups is 1. The zero-order valence-electron chi connectivity index (χ0n) is 13.9. The number of amides is 1. The van der Waals surface area contributed by atoms with Crippen molar-refractivity contribution in [3.05, 3.63) is 35.7 Å². The predicted molar refractivity (Wildman–Crippen MR) is 88.0 cm³/mol. The van der Waals surface area contributed by atoms with Gasteiger partial charge in [-0.1, -0.05) is 19.3 Å². The maximum Gasteiger partial charge on any atom is 0.270 e. The smallest absolute Gasteiger partial charge is 0.270 e. The van der Waals surface area contributed by atoms with E-state index >= 15 is 0 Å². The molecule has 1 amide bonds. The van der Waals surface area contributed by atoms with Gasteiger partial charge in [-0.3, -0.25) is 9.48 Å². The number of nitrogens with zero attached hydrogens (tertiary/aromatic N) is 3. The molecule has 124 valence electrons. The van der Waals surface area contributed by atoms with Gasteiger partial charge in [0.25, 0.3) is 5.91 Å². The fourth-order valence-electron chi connectivity index (χ4n) is 3.51. The van der Waals surface area contributed by atoms with Crippen molar-refractivity contribution in [1.29, 1.82) is 0 Å². The van der Waals surface area contributed by atoms with E-state index < -0.39 is 0 Å². The van der Waals surface area contributed by atoms with E-state index in [2.05, 4.69) is 20.4 Å². The lowest BCUT2D eigenvalue weighted by Gasteiger charge is -2.30. The summed E-state index contributed by atoms with van der Waals surface area (Å²) in [6, 6.07) is 1.76. The second kappa shape index (κ2) is 6.98. The van der Waals surface area contributed by atoms with E-state index in [9.17, 15) is 4.79 Å². The van der Waals surface area contributed by atoms with Crippen LogP contribution in [0.25, 0.3) is 0 Å². The summed E-state index contributed by atoms with van der Waals surface area (Å²) in [5, 5.41) is 7.41. The van der Waals surface area contributed by atoms with E-state index in [1.165, 1.54) is 19.3 Å². The van der Waals surface area contributed by atoms with Crippen molar-refractivity contribution in [3.8, 4) is 0 Å². The largest absolute Gasteiger partial charge is 0.344 e. The third-order valence-electron chi connectivity index (χ3n) is 4.71. The minimum Gasteiger partial charge on any atom is -0.344 e. The Morgan fingerprint density at radius 2 is 2.22 bits per heavy atom. The van der Waals surface area contributed by atoms with Crippen LogP contribution in [0.3, 0.4) is 0 Å². The molecular weight excluding hydrogens is 290 g/mol. The molecule has 0 aromatic carbocycles. The molecule has 2 heterocycles. The molecule has 1 aliphatic rings. The Balaban J connectivity index is 1.82. The van der Waals surface area contributed by atoms with Crippen LogP contribution < -0.4 is 5.32 Å². The summed E-state index contributed by atoms with van der Waals surface area (Å²) in [5.74, 6) is 1.28. The number of aromatic nitrogens is 4. The highest BCUT2D eigenvalue weighted by Gasteiger charge is 2.28. The Hall–Kier alpha value is -2.11. The van der Waals surface area contributed by atoms with Crippen LogP contribution in [0.1, 0.15) is 67.1 Å². The summed E-state index contributed by atoms with van der Waals surface area (Å²) in [5.41, 5.74) is 1.62. The Morgan fingerprint density at radius 1 is 1.43 bits per heavy atom. The highest BCUT2D eigenvalue weighted by Crippen LogP contribution is 2.34. The van der Waals surface area contributed by atoms with E-state index in [-0.39, 0.29) is 11.9 Å². The van der Waals surface area contributed by atoms with Crippen LogP contribution in [0.5, 0.6) is 0 Å². The number of hydrogen-bond donors (Lipinski definition) is 2. The van der Waals surface area contributed by atoms with Gasteiger partial charge in [-0.25, -0.2) is 4.98 Å². The fourth-order valence-corrected chi connectivity index (χ4v) is 3.51. The van der Waals surface area contributed by atoms with Crippen LogP contribution in [0.2, 0.25) is 0 Å². The van der Waals surface area contributed by atoms with E-state index in [1.807, 2.05) is 20.0 Å². The molecule has 3 rings (SSSR count). The minimum atomic E-state index is -0.0628. The predicted octanol–water partition coefficient (Wildman–Crippen LogP) is 2.99. The Morgan fingerprint density at radius 3 is 2.87 bits per heavy atom. The standard InChI is InChI=1S/C17H25N5O/c1-3-22-15(9-10-19-22)17(23)21-16(13-7-5-4-6-8-13)14-11-18-12(2)20-14/h9-11,13,16H,3-8H2,1-2H3,(H,18,20)(H,21,23). The first-order valence-corrected chi connectivity index (χ1v) is 8.53. The van der Waals surface area contributed by atoms with Crippen LogP contribution in [-0.2, 0) is 6.54 Å². The van der Waals surface area contributed by atoms with Crippen molar-refractivity contribution >= 4 is 5.91 Å². The summed E-state index contributed by atoms with van der Waals surface area (Å²) < 4.78 is 1.73. The first kappa shape index (κ1) is 15.8. The van der Waals surface area contributed by atoms with Gasteiger partial charge < -0.3 is 10.3 Å². The monoisotopic (exact) mass is 315 g/mol. The van der Waals surface area contributed by atoms with E-state index in [0.717, 1.165) is 24.4 Å². The number of H-pyrrole nitrogens is 1. The molecule has 1 saturated carbocycles. The highest BCUT2D eigenvalue weighted by atomic mass is 16.2. The van der Waals surface area contributed by atoms with Gasteiger partial charge >= 0.3 is 0 Å². The Bertz CT molecular complexity index is 653.